The van der Waals surface area contributed by atoms with E-state index in [1.165, 1.54) is 12.6 Å². The standard InChI is InChI=1S/C22H19N3O4/c1-28-15-6-4-5-14(11-15)19-22(16-7-2-3-8-17(16)24-21(22)27)9-10-25(19)20(26)18-12-23-13-29-18/h2-8,11-13,19H,9-10H2,1H3,(H,24,27)/t19-,22+/m0/s1. The summed E-state index contributed by atoms with van der Waals surface area (Å²) in [6.07, 6.45) is 3.15. The highest BCUT2D eigenvalue weighted by Crippen LogP contribution is 2.55. The molecule has 29 heavy (non-hydrogen) atoms. The number of amides is 2. The zero-order chi connectivity index (χ0) is 20.0. The minimum Gasteiger partial charge on any atom is -0.497 e. The molecule has 7 heteroatoms. The summed E-state index contributed by atoms with van der Waals surface area (Å²) in [5.74, 6) is 0.439. The molecule has 3 aromatic rings. The third-order valence-corrected chi connectivity index (χ3v) is 5.90. The van der Waals surface area contributed by atoms with Crippen LogP contribution in [0.25, 0.3) is 0 Å². The molecule has 2 aliphatic heterocycles. The summed E-state index contributed by atoms with van der Waals surface area (Å²) in [6.45, 7) is 0.420. The summed E-state index contributed by atoms with van der Waals surface area (Å²) in [4.78, 5) is 32.1. The Bertz CT molecular complexity index is 1090. The highest BCUT2D eigenvalue weighted by molar-refractivity contribution is 6.08. The van der Waals surface area contributed by atoms with Crippen LogP contribution in [0.15, 0.2) is 65.5 Å². The molecule has 3 heterocycles. The van der Waals surface area contributed by atoms with E-state index in [1.54, 1.807) is 12.0 Å². The molecular formula is C22H19N3O4. The van der Waals surface area contributed by atoms with Gasteiger partial charge in [-0.05, 0) is 35.7 Å². The number of likely N-dealkylation sites (tertiary alicyclic amines) is 1. The fourth-order valence-electron chi connectivity index (χ4n) is 4.64. The lowest BCUT2D eigenvalue weighted by atomic mass is 9.72. The van der Waals surface area contributed by atoms with Gasteiger partial charge in [-0.1, -0.05) is 30.3 Å². The Morgan fingerprint density at radius 2 is 2.14 bits per heavy atom. The second-order valence-corrected chi connectivity index (χ2v) is 7.26. The number of ether oxygens (including phenoxy) is 1. The fourth-order valence-corrected chi connectivity index (χ4v) is 4.64. The van der Waals surface area contributed by atoms with Gasteiger partial charge in [0.25, 0.3) is 5.91 Å². The molecule has 1 fully saturated rings. The number of hydrogen-bond acceptors (Lipinski definition) is 5. The Labute approximate surface area is 167 Å². The first-order valence-electron chi connectivity index (χ1n) is 9.39. The van der Waals surface area contributed by atoms with Gasteiger partial charge in [0.1, 0.15) is 11.2 Å². The van der Waals surface area contributed by atoms with Crippen LogP contribution in [0.4, 0.5) is 5.69 Å². The minimum atomic E-state index is -0.876. The minimum absolute atomic E-state index is 0.0978. The van der Waals surface area contributed by atoms with E-state index in [2.05, 4.69) is 10.3 Å². The van der Waals surface area contributed by atoms with Gasteiger partial charge in [-0.15, -0.1) is 0 Å². The predicted molar refractivity (Wildman–Crippen MR) is 105 cm³/mol. The molecule has 1 spiro atoms. The highest BCUT2D eigenvalue weighted by Gasteiger charge is 2.59. The van der Waals surface area contributed by atoms with Gasteiger partial charge in [-0.25, -0.2) is 4.98 Å². The van der Waals surface area contributed by atoms with Gasteiger partial charge in [-0.2, -0.15) is 0 Å². The van der Waals surface area contributed by atoms with Crippen LogP contribution in [0.3, 0.4) is 0 Å². The molecule has 0 radical (unpaired) electrons. The van der Waals surface area contributed by atoms with Crippen LogP contribution in [0.1, 0.15) is 34.1 Å². The molecule has 1 saturated heterocycles. The van der Waals surface area contributed by atoms with Gasteiger partial charge >= 0.3 is 0 Å². The highest BCUT2D eigenvalue weighted by atomic mass is 16.5. The number of fused-ring (bicyclic) bond motifs is 2. The van der Waals surface area contributed by atoms with Crippen molar-refractivity contribution >= 4 is 17.5 Å². The molecule has 0 bridgehead atoms. The van der Waals surface area contributed by atoms with Gasteiger partial charge < -0.3 is 19.4 Å². The quantitative estimate of drug-likeness (QED) is 0.744. The Hall–Kier alpha value is -3.61. The smallest absolute Gasteiger partial charge is 0.291 e. The maximum atomic E-state index is 13.3. The van der Waals surface area contributed by atoms with E-state index >= 15 is 0 Å². The van der Waals surface area contributed by atoms with Crippen LogP contribution < -0.4 is 10.1 Å². The molecule has 2 aliphatic rings. The van der Waals surface area contributed by atoms with Crippen LogP contribution >= 0.6 is 0 Å². The summed E-state index contributed by atoms with van der Waals surface area (Å²) in [6, 6.07) is 14.7. The number of carbonyl (C=O) groups excluding carboxylic acids is 2. The van der Waals surface area contributed by atoms with Gasteiger partial charge in [0, 0.05) is 12.2 Å². The monoisotopic (exact) mass is 389 g/mol. The summed E-state index contributed by atoms with van der Waals surface area (Å²) in [5, 5.41) is 3.01. The molecule has 7 nitrogen and oxygen atoms in total. The van der Waals surface area contributed by atoms with Gasteiger partial charge in [0.15, 0.2) is 6.39 Å². The van der Waals surface area contributed by atoms with E-state index < -0.39 is 11.5 Å². The number of methoxy groups -OCH3 is 1. The first-order valence-corrected chi connectivity index (χ1v) is 9.39. The number of anilines is 1. The first-order chi connectivity index (χ1) is 14.1. The molecule has 0 aliphatic carbocycles. The average molecular weight is 389 g/mol. The molecule has 2 atom stereocenters. The van der Waals surface area contributed by atoms with Gasteiger partial charge in [0.05, 0.1) is 19.3 Å². The Kier molecular flexibility index (Phi) is 3.91. The van der Waals surface area contributed by atoms with Crippen molar-refractivity contribution in [1.82, 2.24) is 9.88 Å². The van der Waals surface area contributed by atoms with Crippen molar-refractivity contribution in [2.24, 2.45) is 0 Å². The number of hydrogen-bond donors (Lipinski definition) is 1. The van der Waals surface area contributed by atoms with Gasteiger partial charge in [-0.3, -0.25) is 9.59 Å². The van der Waals surface area contributed by atoms with E-state index in [9.17, 15) is 9.59 Å². The predicted octanol–water partition coefficient (Wildman–Crippen LogP) is 3.16. The molecule has 5 rings (SSSR count). The van der Waals surface area contributed by atoms with Crippen molar-refractivity contribution in [3.8, 4) is 5.75 Å². The van der Waals surface area contributed by atoms with Crippen molar-refractivity contribution in [3.05, 3.63) is 78.0 Å². The maximum Gasteiger partial charge on any atom is 0.291 e. The number of para-hydroxylation sites is 1. The number of nitrogens with one attached hydrogen (secondary N) is 1. The zero-order valence-electron chi connectivity index (χ0n) is 15.8. The molecule has 2 aromatic carbocycles. The van der Waals surface area contributed by atoms with E-state index in [0.29, 0.717) is 18.7 Å². The summed E-state index contributed by atoms with van der Waals surface area (Å²) >= 11 is 0. The van der Waals surface area contributed by atoms with Crippen LogP contribution in [-0.4, -0.2) is 35.4 Å². The third-order valence-electron chi connectivity index (χ3n) is 5.90. The van der Waals surface area contributed by atoms with Crippen molar-refractivity contribution in [2.75, 3.05) is 19.0 Å². The summed E-state index contributed by atoms with van der Waals surface area (Å²) < 4.78 is 10.7. The SMILES string of the molecule is COc1cccc([C@@H]2N(C(=O)c3cnco3)CC[C@]23C(=O)Nc2ccccc23)c1. The molecule has 1 aromatic heterocycles. The molecule has 0 unspecified atom stereocenters. The Balaban J connectivity index is 1.69. The lowest BCUT2D eigenvalue weighted by molar-refractivity contribution is -0.121. The first kappa shape index (κ1) is 17.5. The van der Waals surface area contributed by atoms with E-state index in [1.807, 2.05) is 48.5 Å². The van der Waals surface area contributed by atoms with Crippen molar-refractivity contribution in [3.63, 3.8) is 0 Å². The number of nitrogens with zero attached hydrogens (tertiary/aromatic N) is 2. The maximum absolute atomic E-state index is 13.3. The van der Waals surface area contributed by atoms with Crippen molar-refractivity contribution < 1.29 is 18.7 Å². The van der Waals surface area contributed by atoms with Crippen LogP contribution in [0, 0.1) is 0 Å². The van der Waals surface area contributed by atoms with E-state index in [4.69, 9.17) is 9.15 Å². The summed E-state index contributed by atoms with van der Waals surface area (Å²) in [7, 11) is 1.60. The normalized spacial score (nSPS) is 22.6. The van der Waals surface area contributed by atoms with Crippen molar-refractivity contribution in [2.45, 2.75) is 17.9 Å². The van der Waals surface area contributed by atoms with Gasteiger partial charge in [0.2, 0.25) is 11.7 Å². The summed E-state index contributed by atoms with van der Waals surface area (Å²) in [5.41, 5.74) is 1.66. The topological polar surface area (TPSA) is 84.7 Å². The lowest BCUT2D eigenvalue weighted by Gasteiger charge is -2.34. The molecule has 146 valence electrons. The van der Waals surface area contributed by atoms with E-state index in [-0.39, 0.29) is 17.6 Å². The Morgan fingerprint density at radius 3 is 2.93 bits per heavy atom. The van der Waals surface area contributed by atoms with Crippen LogP contribution in [-0.2, 0) is 10.2 Å². The third kappa shape index (κ3) is 2.47. The second-order valence-electron chi connectivity index (χ2n) is 7.26. The van der Waals surface area contributed by atoms with E-state index in [0.717, 1.165) is 16.8 Å². The van der Waals surface area contributed by atoms with Crippen molar-refractivity contribution in [1.29, 1.82) is 0 Å². The zero-order valence-corrected chi connectivity index (χ0v) is 15.8. The number of benzene rings is 2. The average Bonchev–Trinajstić information content (AvgIpc) is 3.48. The molecular weight excluding hydrogens is 370 g/mol. The fraction of sp³-hybridized carbons (Fsp3) is 0.227. The Morgan fingerprint density at radius 1 is 1.28 bits per heavy atom. The number of rotatable bonds is 3. The number of aromatic nitrogens is 1. The molecule has 0 saturated carbocycles. The van der Waals surface area contributed by atoms with Crippen LogP contribution in [0.5, 0.6) is 5.75 Å². The largest absolute Gasteiger partial charge is 0.497 e. The van der Waals surface area contributed by atoms with Crippen LogP contribution in [0.2, 0.25) is 0 Å². The number of carbonyl (C=O) groups is 2. The molecule has 2 amide bonds. The molecule has 1 N–H and O–H groups in total. The number of oxazole rings is 1. The lowest BCUT2D eigenvalue weighted by Crippen LogP contribution is -2.42. The second kappa shape index (κ2) is 6.48.